The molecule has 29 heavy (non-hydrogen) atoms. The molecule has 0 radical (unpaired) electrons. The van der Waals surface area contributed by atoms with E-state index in [1.165, 1.54) is 4.90 Å². The molecule has 8 heteroatoms. The third-order valence-corrected chi connectivity index (χ3v) is 5.20. The molecule has 0 aliphatic carbocycles. The molecule has 2 aliphatic heterocycles. The summed E-state index contributed by atoms with van der Waals surface area (Å²) in [5, 5.41) is 2.87. The Bertz CT molecular complexity index is 822. The van der Waals surface area contributed by atoms with E-state index in [0.29, 0.717) is 31.7 Å². The smallest absolute Gasteiger partial charge is 0.410 e. The zero-order chi connectivity index (χ0) is 21.4. The van der Waals surface area contributed by atoms with Crippen LogP contribution in [-0.4, -0.2) is 59.2 Å². The van der Waals surface area contributed by atoms with Gasteiger partial charge in [-0.1, -0.05) is 6.07 Å². The second kappa shape index (κ2) is 7.57. The summed E-state index contributed by atoms with van der Waals surface area (Å²) < 4.78 is 10.7. The summed E-state index contributed by atoms with van der Waals surface area (Å²) in [5.74, 6) is 0.444. The molecule has 0 atom stereocenters. The number of likely N-dealkylation sites (tertiary alicyclic amines) is 1. The molecule has 1 aromatic rings. The van der Waals surface area contributed by atoms with Gasteiger partial charge >= 0.3 is 12.1 Å². The number of methoxy groups -OCH3 is 1. The number of amides is 4. The zero-order valence-corrected chi connectivity index (χ0v) is 17.7. The molecule has 2 fully saturated rings. The number of rotatable bonds is 3. The van der Waals surface area contributed by atoms with Crippen LogP contribution in [0.3, 0.4) is 0 Å². The van der Waals surface area contributed by atoms with E-state index in [4.69, 9.17) is 9.47 Å². The Kier molecular flexibility index (Phi) is 5.47. The summed E-state index contributed by atoms with van der Waals surface area (Å²) in [6.45, 7) is 8.27. The van der Waals surface area contributed by atoms with Crippen LogP contribution in [0.25, 0.3) is 0 Å². The van der Waals surface area contributed by atoms with E-state index in [9.17, 15) is 14.4 Å². The average Bonchev–Trinajstić information content (AvgIpc) is 2.84. The minimum Gasteiger partial charge on any atom is -0.497 e. The molecule has 1 spiro atoms. The third kappa shape index (κ3) is 4.46. The lowest BCUT2D eigenvalue weighted by Gasteiger charge is -2.37. The second-order valence-electron chi connectivity index (χ2n) is 8.73. The van der Waals surface area contributed by atoms with Crippen LogP contribution >= 0.6 is 0 Å². The van der Waals surface area contributed by atoms with E-state index in [2.05, 4.69) is 5.32 Å². The van der Waals surface area contributed by atoms with Gasteiger partial charge in [-0.2, -0.15) is 0 Å². The van der Waals surface area contributed by atoms with E-state index in [-0.39, 0.29) is 12.5 Å². The van der Waals surface area contributed by atoms with Crippen molar-refractivity contribution in [3.63, 3.8) is 0 Å². The maximum atomic E-state index is 13.1. The molecule has 1 aromatic carbocycles. The van der Waals surface area contributed by atoms with Crippen LogP contribution in [-0.2, 0) is 16.1 Å². The molecule has 3 rings (SSSR count). The topological polar surface area (TPSA) is 88.2 Å². The summed E-state index contributed by atoms with van der Waals surface area (Å²) in [7, 11) is 1.58. The van der Waals surface area contributed by atoms with Gasteiger partial charge in [-0.25, -0.2) is 9.59 Å². The summed E-state index contributed by atoms with van der Waals surface area (Å²) >= 11 is 0. The summed E-state index contributed by atoms with van der Waals surface area (Å²) in [5.41, 5.74) is 0.291. The van der Waals surface area contributed by atoms with Crippen molar-refractivity contribution in [2.45, 2.75) is 58.2 Å². The van der Waals surface area contributed by atoms with Crippen LogP contribution in [0.4, 0.5) is 9.59 Å². The fourth-order valence-electron chi connectivity index (χ4n) is 3.77. The van der Waals surface area contributed by atoms with Gasteiger partial charge in [-0.05, 0) is 63.8 Å². The molecule has 2 saturated heterocycles. The number of carbonyl (C=O) groups is 3. The maximum Gasteiger partial charge on any atom is 0.410 e. The Labute approximate surface area is 171 Å². The fraction of sp³-hybridized carbons (Fsp3) is 0.571. The quantitative estimate of drug-likeness (QED) is 0.784. The second-order valence-corrected chi connectivity index (χ2v) is 8.73. The lowest BCUT2D eigenvalue weighted by atomic mass is 9.87. The van der Waals surface area contributed by atoms with Gasteiger partial charge in [0.2, 0.25) is 0 Å². The van der Waals surface area contributed by atoms with E-state index in [0.717, 1.165) is 11.1 Å². The molecule has 4 amide bonds. The van der Waals surface area contributed by atoms with Crippen molar-refractivity contribution >= 4 is 18.0 Å². The van der Waals surface area contributed by atoms with Crippen molar-refractivity contribution in [1.82, 2.24) is 15.1 Å². The van der Waals surface area contributed by atoms with Gasteiger partial charge in [0.1, 0.15) is 16.9 Å². The van der Waals surface area contributed by atoms with Crippen LogP contribution in [0.2, 0.25) is 0 Å². The standard InChI is InChI=1S/C21H29N3O5/c1-14-10-15(12-16(11-14)28-5)13-24-17(25)21(22-18(24)26)6-8-23(9-7-21)19(27)29-20(2,3)4/h10-12H,6-9,13H2,1-5H3,(H,22,26). The Morgan fingerprint density at radius 2 is 1.83 bits per heavy atom. The van der Waals surface area contributed by atoms with Crippen molar-refractivity contribution in [3.05, 3.63) is 29.3 Å². The van der Waals surface area contributed by atoms with E-state index in [1.54, 1.807) is 12.0 Å². The number of aryl methyl sites for hydroxylation is 1. The summed E-state index contributed by atoms with van der Waals surface area (Å²) in [4.78, 5) is 40.8. The Morgan fingerprint density at radius 1 is 1.17 bits per heavy atom. The first-order valence-electron chi connectivity index (χ1n) is 9.80. The van der Waals surface area contributed by atoms with Crippen LogP contribution < -0.4 is 10.1 Å². The van der Waals surface area contributed by atoms with E-state index >= 15 is 0 Å². The van der Waals surface area contributed by atoms with Gasteiger partial charge in [-0.3, -0.25) is 9.69 Å². The average molecular weight is 403 g/mol. The molecule has 2 aliphatic rings. The number of hydrogen-bond acceptors (Lipinski definition) is 5. The predicted molar refractivity (Wildman–Crippen MR) is 107 cm³/mol. The minimum atomic E-state index is -0.955. The Balaban J connectivity index is 1.68. The molecule has 0 unspecified atom stereocenters. The number of nitrogens with one attached hydrogen (secondary N) is 1. The van der Waals surface area contributed by atoms with Crippen LogP contribution in [0.5, 0.6) is 5.75 Å². The molecule has 0 saturated carbocycles. The molecule has 2 heterocycles. The summed E-state index contributed by atoms with van der Waals surface area (Å²) in [6, 6.07) is 5.24. The van der Waals surface area contributed by atoms with Crippen molar-refractivity contribution in [1.29, 1.82) is 0 Å². The summed E-state index contributed by atoms with van der Waals surface area (Å²) in [6.07, 6.45) is 0.336. The molecular weight excluding hydrogens is 374 g/mol. The predicted octanol–water partition coefficient (Wildman–Crippen LogP) is 2.83. The Morgan fingerprint density at radius 3 is 2.41 bits per heavy atom. The van der Waals surface area contributed by atoms with Gasteiger partial charge in [0.25, 0.3) is 5.91 Å². The monoisotopic (exact) mass is 403 g/mol. The van der Waals surface area contributed by atoms with Gasteiger partial charge in [0.15, 0.2) is 0 Å². The lowest BCUT2D eigenvalue weighted by Crippen LogP contribution is -2.56. The van der Waals surface area contributed by atoms with E-state index < -0.39 is 23.3 Å². The van der Waals surface area contributed by atoms with Gasteiger partial charge in [0, 0.05) is 13.1 Å². The normalized spacial score (nSPS) is 18.8. The van der Waals surface area contributed by atoms with Crippen molar-refractivity contribution in [2.75, 3.05) is 20.2 Å². The fourth-order valence-corrected chi connectivity index (χ4v) is 3.77. The molecule has 0 bridgehead atoms. The number of imide groups is 1. The molecule has 1 N–H and O–H groups in total. The highest BCUT2D eigenvalue weighted by molar-refractivity contribution is 6.07. The number of hydrogen-bond donors (Lipinski definition) is 1. The maximum absolute atomic E-state index is 13.1. The third-order valence-electron chi connectivity index (χ3n) is 5.20. The Hall–Kier alpha value is -2.77. The van der Waals surface area contributed by atoms with Gasteiger partial charge < -0.3 is 19.7 Å². The number of carbonyl (C=O) groups excluding carboxylic acids is 3. The number of piperidine rings is 1. The first-order valence-corrected chi connectivity index (χ1v) is 9.80. The van der Waals surface area contributed by atoms with Crippen LogP contribution in [0, 0.1) is 6.92 Å². The van der Waals surface area contributed by atoms with Crippen molar-refractivity contribution < 1.29 is 23.9 Å². The van der Waals surface area contributed by atoms with Crippen LogP contribution in [0.1, 0.15) is 44.7 Å². The number of urea groups is 1. The van der Waals surface area contributed by atoms with Crippen LogP contribution in [0.15, 0.2) is 18.2 Å². The SMILES string of the molecule is COc1cc(C)cc(CN2C(=O)NC3(CCN(C(=O)OC(C)(C)C)CC3)C2=O)c1. The minimum absolute atomic E-state index is 0.181. The lowest BCUT2D eigenvalue weighted by molar-refractivity contribution is -0.133. The largest absolute Gasteiger partial charge is 0.497 e. The first-order chi connectivity index (χ1) is 13.5. The highest BCUT2D eigenvalue weighted by atomic mass is 16.6. The van der Waals surface area contributed by atoms with Crippen molar-refractivity contribution in [3.8, 4) is 5.75 Å². The molecule has 158 valence electrons. The zero-order valence-electron chi connectivity index (χ0n) is 17.7. The molecular formula is C21H29N3O5. The van der Waals surface area contributed by atoms with E-state index in [1.807, 2.05) is 45.9 Å². The van der Waals surface area contributed by atoms with Crippen molar-refractivity contribution in [2.24, 2.45) is 0 Å². The molecule has 0 aromatic heterocycles. The van der Waals surface area contributed by atoms with Gasteiger partial charge in [0.05, 0.1) is 13.7 Å². The number of nitrogens with zero attached hydrogens (tertiary/aromatic N) is 2. The first kappa shape index (κ1) is 21.0. The highest BCUT2D eigenvalue weighted by Gasteiger charge is 2.52. The molecule has 8 nitrogen and oxygen atoms in total. The number of benzene rings is 1. The number of ether oxygens (including phenoxy) is 2. The van der Waals surface area contributed by atoms with Gasteiger partial charge in [-0.15, -0.1) is 0 Å². The highest BCUT2D eigenvalue weighted by Crippen LogP contribution is 2.31.